The average molecular weight is 278 g/mol. The number of hydrogen-bond acceptors (Lipinski definition) is 4. The van der Waals surface area contributed by atoms with E-state index in [-0.39, 0.29) is 12.6 Å². The maximum atomic E-state index is 12.3. The van der Waals surface area contributed by atoms with Crippen molar-refractivity contribution in [1.82, 2.24) is 14.8 Å². The number of amides is 2. The van der Waals surface area contributed by atoms with Crippen LogP contribution < -0.4 is 4.90 Å². The number of anilines is 1. The molecule has 2 amide bonds. The number of carbonyl (C=O) groups is 2. The Morgan fingerprint density at radius 1 is 1.35 bits per heavy atom. The van der Waals surface area contributed by atoms with E-state index in [9.17, 15) is 9.59 Å². The summed E-state index contributed by atoms with van der Waals surface area (Å²) >= 11 is 0. The van der Waals surface area contributed by atoms with Gasteiger partial charge in [0.1, 0.15) is 0 Å². The standard InChI is InChI=1S/C13H18N4O3/c1-15(11-3-2-4-14-9-11)13(20)17-7-5-16(6-8-17)10-12(18)19/h2-4,9H,5-8,10H2,1H3,(H,18,19). The summed E-state index contributed by atoms with van der Waals surface area (Å²) in [5, 5.41) is 8.74. The molecule has 0 aliphatic carbocycles. The largest absolute Gasteiger partial charge is 0.480 e. The maximum Gasteiger partial charge on any atom is 0.324 e. The predicted octanol–water partition coefficient (Wildman–Crippen LogP) is 0.340. The van der Waals surface area contributed by atoms with Crippen molar-refractivity contribution in [1.29, 1.82) is 0 Å². The zero-order chi connectivity index (χ0) is 14.5. The molecular formula is C13H18N4O3. The van der Waals surface area contributed by atoms with Crippen molar-refractivity contribution < 1.29 is 14.7 Å². The highest BCUT2D eigenvalue weighted by Crippen LogP contribution is 2.13. The van der Waals surface area contributed by atoms with Crippen LogP contribution in [-0.4, -0.2) is 71.7 Å². The van der Waals surface area contributed by atoms with Gasteiger partial charge in [-0.05, 0) is 12.1 Å². The van der Waals surface area contributed by atoms with Crippen molar-refractivity contribution >= 4 is 17.7 Å². The quantitative estimate of drug-likeness (QED) is 0.862. The van der Waals surface area contributed by atoms with Crippen LogP contribution in [0.4, 0.5) is 10.5 Å². The van der Waals surface area contributed by atoms with Crippen LogP contribution in [0.3, 0.4) is 0 Å². The van der Waals surface area contributed by atoms with Crippen molar-refractivity contribution in [3.63, 3.8) is 0 Å². The van der Waals surface area contributed by atoms with Crippen LogP contribution in [0.15, 0.2) is 24.5 Å². The molecule has 0 unspecified atom stereocenters. The molecule has 108 valence electrons. The second-order valence-electron chi connectivity index (χ2n) is 4.71. The van der Waals surface area contributed by atoms with Crippen molar-refractivity contribution in [2.24, 2.45) is 0 Å². The van der Waals surface area contributed by atoms with Gasteiger partial charge < -0.3 is 10.0 Å². The first-order valence-corrected chi connectivity index (χ1v) is 6.44. The Bertz CT molecular complexity index is 472. The second kappa shape index (κ2) is 6.33. The fraction of sp³-hybridized carbons (Fsp3) is 0.462. The second-order valence-corrected chi connectivity index (χ2v) is 4.71. The molecule has 1 aliphatic rings. The molecule has 0 saturated carbocycles. The molecule has 1 saturated heterocycles. The lowest BCUT2D eigenvalue weighted by Crippen LogP contribution is -2.53. The summed E-state index contributed by atoms with van der Waals surface area (Å²) < 4.78 is 0. The number of piperazine rings is 1. The summed E-state index contributed by atoms with van der Waals surface area (Å²) in [5.74, 6) is -0.836. The van der Waals surface area contributed by atoms with Crippen LogP contribution in [-0.2, 0) is 4.79 Å². The van der Waals surface area contributed by atoms with Crippen LogP contribution in [0.1, 0.15) is 0 Å². The van der Waals surface area contributed by atoms with Gasteiger partial charge in [0.25, 0.3) is 0 Å². The van der Waals surface area contributed by atoms with Gasteiger partial charge >= 0.3 is 12.0 Å². The Hall–Kier alpha value is -2.15. The lowest BCUT2D eigenvalue weighted by molar-refractivity contribution is -0.138. The maximum absolute atomic E-state index is 12.3. The molecular weight excluding hydrogens is 260 g/mol. The van der Waals surface area contributed by atoms with Crippen LogP contribution >= 0.6 is 0 Å². The topological polar surface area (TPSA) is 77.0 Å². The fourth-order valence-corrected chi connectivity index (χ4v) is 2.16. The zero-order valence-electron chi connectivity index (χ0n) is 11.4. The molecule has 7 heteroatoms. The minimum absolute atomic E-state index is 0.0282. The zero-order valence-corrected chi connectivity index (χ0v) is 11.4. The Morgan fingerprint density at radius 3 is 2.60 bits per heavy atom. The smallest absolute Gasteiger partial charge is 0.324 e. The Morgan fingerprint density at radius 2 is 2.05 bits per heavy atom. The molecule has 0 radical (unpaired) electrons. The Balaban J connectivity index is 1.90. The third-order valence-corrected chi connectivity index (χ3v) is 3.32. The Labute approximate surface area is 117 Å². The van der Waals surface area contributed by atoms with Crippen molar-refractivity contribution in [3.05, 3.63) is 24.5 Å². The number of nitrogens with zero attached hydrogens (tertiary/aromatic N) is 4. The summed E-state index contributed by atoms with van der Waals surface area (Å²) in [4.78, 5) is 32.1. The number of aliphatic carboxylic acids is 1. The summed E-state index contributed by atoms with van der Waals surface area (Å²) in [6.45, 7) is 2.27. The van der Waals surface area contributed by atoms with E-state index in [1.165, 1.54) is 0 Å². The highest BCUT2D eigenvalue weighted by atomic mass is 16.4. The number of rotatable bonds is 3. The highest BCUT2D eigenvalue weighted by molar-refractivity contribution is 5.91. The van der Waals surface area contributed by atoms with E-state index in [1.807, 2.05) is 11.0 Å². The molecule has 0 atom stereocenters. The first kappa shape index (κ1) is 14.3. The van der Waals surface area contributed by atoms with E-state index in [0.29, 0.717) is 26.2 Å². The van der Waals surface area contributed by atoms with Gasteiger partial charge in [0.2, 0.25) is 0 Å². The first-order chi connectivity index (χ1) is 9.58. The molecule has 1 aromatic heterocycles. The van der Waals surface area contributed by atoms with E-state index in [2.05, 4.69) is 4.98 Å². The summed E-state index contributed by atoms with van der Waals surface area (Å²) in [7, 11) is 1.71. The molecule has 2 rings (SSSR count). The van der Waals surface area contributed by atoms with Crippen molar-refractivity contribution in [2.75, 3.05) is 44.7 Å². The summed E-state index contributed by atoms with van der Waals surface area (Å²) in [5.41, 5.74) is 0.741. The monoisotopic (exact) mass is 278 g/mol. The SMILES string of the molecule is CN(C(=O)N1CCN(CC(=O)O)CC1)c1cccnc1. The van der Waals surface area contributed by atoms with E-state index in [4.69, 9.17) is 5.11 Å². The van der Waals surface area contributed by atoms with Gasteiger partial charge in [-0.2, -0.15) is 0 Å². The number of urea groups is 1. The van der Waals surface area contributed by atoms with E-state index in [0.717, 1.165) is 5.69 Å². The Kier molecular flexibility index (Phi) is 4.52. The third kappa shape index (κ3) is 3.45. The number of carboxylic acid groups (broad SMARTS) is 1. The number of carbonyl (C=O) groups excluding carboxylic acids is 1. The van der Waals surface area contributed by atoms with Crippen molar-refractivity contribution in [2.45, 2.75) is 0 Å². The molecule has 0 spiro atoms. The predicted molar refractivity (Wildman–Crippen MR) is 73.7 cm³/mol. The number of aromatic nitrogens is 1. The van der Waals surface area contributed by atoms with Crippen LogP contribution in [0.2, 0.25) is 0 Å². The number of hydrogen-bond donors (Lipinski definition) is 1. The minimum Gasteiger partial charge on any atom is -0.480 e. The van der Waals surface area contributed by atoms with Gasteiger partial charge in [0.15, 0.2) is 0 Å². The molecule has 1 aromatic rings. The van der Waals surface area contributed by atoms with Crippen LogP contribution in [0, 0.1) is 0 Å². The third-order valence-electron chi connectivity index (χ3n) is 3.32. The lowest BCUT2D eigenvalue weighted by atomic mass is 10.3. The minimum atomic E-state index is -0.836. The molecule has 7 nitrogen and oxygen atoms in total. The first-order valence-electron chi connectivity index (χ1n) is 6.44. The molecule has 1 N–H and O–H groups in total. The van der Waals surface area contributed by atoms with Crippen LogP contribution in [0.25, 0.3) is 0 Å². The lowest BCUT2D eigenvalue weighted by Gasteiger charge is -2.35. The molecule has 1 fully saturated rings. The number of pyridine rings is 1. The van der Waals surface area contributed by atoms with Gasteiger partial charge in [-0.3, -0.25) is 19.6 Å². The van der Waals surface area contributed by atoms with Crippen molar-refractivity contribution in [3.8, 4) is 0 Å². The van der Waals surface area contributed by atoms with Gasteiger partial charge in [0, 0.05) is 39.4 Å². The summed E-state index contributed by atoms with van der Waals surface area (Å²) in [6, 6.07) is 3.52. The molecule has 2 heterocycles. The van der Waals surface area contributed by atoms with Gasteiger partial charge in [0.05, 0.1) is 18.4 Å². The highest BCUT2D eigenvalue weighted by Gasteiger charge is 2.24. The van der Waals surface area contributed by atoms with Gasteiger partial charge in [-0.25, -0.2) is 4.79 Å². The van der Waals surface area contributed by atoms with E-state index >= 15 is 0 Å². The average Bonchev–Trinajstić information content (AvgIpc) is 2.47. The fourth-order valence-electron chi connectivity index (χ4n) is 2.16. The molecule has 0 aromatic carbocycles. The van der Waals surface area contributed by atoms with E-state index < -0.39 is 5.97 Å². The van der Waals surface area contributed by atoms with Gasteiger partial charge in [-0.15, -0.1) is 0 Å². The molecule has 0 bridgehead atoms. The number of carboxylic acids is 1. The molecule has 1 aliphatic heterocycles. The van der Waals surface area contributed by atoms with E-state index in [1.54, 1.807) is 35.3 Å². The van der Waals surface area contributed by atoms with Crippen LogP contribution in [0.5, 0.6) is 0 Å². The summed E-state index contributed by atoms with van der Waals surface area (Å²) in [6.07, 6.45) is 3.30. The molecule has 20 heavy (non-hydrogen) atoms. The normalized spacial score (nSPS) is 15.9. The van der Waals surface area contributed by atoms with Gasteiger partial charge in [-0.1, -0.05) is 0 Å².